The highest BCUT2D eigenvalue weighted by molar-refractivity contribution is 7.92. The first-order valence-electron chi connectivity index (χ1n) is 14.8. The Morgan fingerprint density at radius 1 is 0.844 bits per heavy atom. The van der Waals surface area contributed by atoms with Crippen LogP contribution in [0.1, 0.15) is 36.5 Å². The van der Waals surface area contributed by atoms with E-state index in [0.29, 0.717) is 27.7 Å². The largest absolute Gasteiger partial charge is 0.354 e. The van der Waals surface area contributed by atoms with E-state index in [0.717, 1.165) is 22.7 Å². The van der Waals surface area contributed by atoms with Crippen molar-refractivity contribution in [1.82, 2.24) is 10.2 Å². The average molecular weight is 667 g/mol. The molecule has 0 aliphatic heterocycles. The fourth-order valence-electron chi connectivity index (χ4n) is 4.99. The Morgan fingerprint density at radius 3 is 2.16 bits per heavy atom. The number of sulfonamides is 1. The van der Waals surface area contributed by atoms with Crippen LogP contribution in [0, 0.1) is 6.92 Å². The van der Waals surface area contributed by atoms with E-state index in [4.69, 9.17) is 23.2 Å². The van der Waals surface area contributed by atoms with Crippen LogP contribution in [0.3, 0.4) is 0 Å². The molecule has 0 radical (unpaired) electrons. The molecule has 4 aromatic rings. The summed E-state index contributed by atoms with van der Waals surface area (Å²) in [5.41, 5.74) is 2.34. The quantitative estimate of drug-likeness (QED) is 0.146. The van der Waals surface area contributed by atoms with Crippen molar-refractivity contribution in [3.63, 3.8) is 0 Å². The van der Waals surface area contributed by atoms with Gasteiger partial charge < -0.3 is 10.2 Å². The Kier molecular flexibility index (Phi) is 12.0. The van der Waals surface area contributed by atoms with E-state index in [9.17, 15) is 18.0 Å². The number of halogens is 2. The number of nitrogens with one attached hydrogen (secondary N) is 1. The lowest BCUT2D eigenvalue weighted by Gasteiger charge is -2.34. The fourth-order valence-corrected chi connectivity index (χ4v) is 6.87. The van der Waals surface area contributed by atoms with Crippen molar-refractivity contribution in [2.45, 2.75) is 50.6 Å². The van der Waals surface area contributed by atoms with Gasteiger partial charge in [-0.3, -0.25) is 13.9 Å². The molecule has 236 valence electrons. The number of hydrogen-bond acceptors (Lipinski definition) is 4. The van der Waals surface area contributed by atoms with Crippen molar-refractivity contribution < 1.29 is 18.0 Å². The lowest BCUT2D eigenvalue weighted by Crippen LogP contribution is -2.53. The first-order valence-corrected chi connectivity index (χ1v) is 17.0. The van der Waals surface area contributed by atoms with Crippen LogP contribution in [0.5, 0.6) is 0 Å². The number of amides is 2. The third-order valence-corrected chi connectivity index (χ3v) is 9.88. The van der Waals surface area contributed by atoms with E-state index in [-0.39, 0.29) is 29.5 Å². The van der Waals surface area contributed by atoms with Crippen molar-refractivity contribution >= 4 is 50.7 Å². The van der Waals surface area contributed by atoms with E-state index >= 15 is 0 Å². The summed E-state index contributed by atoms with van der Waals surface area (Å²) < 4.78 is 29.4. The molecule has 1 atom stereocenters. The van der Waals surface area contributed by atoms with Gasteiger partial charge in [-0.25, -0.2) is 8.42 Å². The van der Waals surface area contributed by atoms with Gasteiger partial charge in [0.1, 0.15) is 12.6 Å². The summed E-state index contributed by atoms with van der Waals surface area (Å²) in [5, 5.41) is 3.83. The molecular formula is C35H37Cl2N3O4S. The fraction of sp³-hybridized carbons (Fsp3) is 0.257. The zero-order chi connectivity index (χ0) is 32.4. The van der Waals surface area contributed by atoms with Gasteiger partial charge >= 0.3 is 0 Å². The number of benzene rings is 4. The highest BCUT2D eigenvalue weighted by atomic mass is 35.5. The predicted molar refractivity (Wildman–Crippen MR) is 181 cm³/mol. The molecule has 0 spiro atoms. The van der Waals surface area contributed by atoms with E-state index in [1.165, 1.54) is 17.0 Å². The SMILES string of the molecule is CCCCNC(=O)C(Cc1ccccc1)N(Cc1cccc(Cl)c1)C(=O)CN(c1cccc(Cl)c1C)S(=O)(=O)c1ccccc1. The Morgan fingerprint density at radius 2 is 1.49 bits per heavy atom. The number of rotatable bonds is 14. The van der Waals surface area contributed by atoms with Crippen molar-refractivity contribution in [3.05, 3.63) is 130 Å². The number of anilines is 1. The second kappa shape index (κ2) is 15.9. The summed E-state index contributed by atoms with van der Waals surface area (Å²) in [6.45, 7) is 3.66. The molecular weight excluding hydrogens is 629 g/mol. The van der Waals surface area contributed by atoms with Crippen LogP contribution in [-0.2, 0) is 32.6 Å². The molecule has 0 fully saturated rings. The Balaban J connectivity index is 1.81. The Hall–Kier alpha value is -3.85. The molecule has 1 N–H and O–H groups in total. The van der Waals surface area contributed by atoms with Gasteiger partial charge in [-0.15, -0.1) is 0 Å². The van der Waals surface area contributed by atoms with Crippen LogP contribution in [0.15, 0.2) is 108 Å². The average Bonchev–Trinajstić information content (AvgIpc) is 3.04. The third kappa shape index (κ3) is 8.87. The number of carbonyl (C=O) groups excluding carboxylic acids is 2. The van der Waals surface area contributed by atoms with E-state index in [1.54, 1.807) is 61.5 Å². The number of unbranched alkanes of at least 4 members (excludes halogenated alkanes) is 1. The summed E-state index contributed by atoms with van der Waals surface area (Å²) in [5.74, 6) is -0.875. The number of nitrogens with zero attached hydrogens (tertiary/aromatic N) is 2. The highest BCUT2D eigenvalue weighted by Crippen LogP contribution is 2.31. The lowest BCUT2D eigenvalue weighted by molar-refractivity contribution is -0.140. The molecule has 0 saturated heterocycles. The maximum atomic E-state index is 14.5. The maximum Gasteiger partial charge on any atom is 0.264 e. The first-order chi connectivity index (χ1) is 21.6. The zero-order valence-electron chi connectivity index (χ0n) is 25.3. The van der Waals surface area contributed by atoms with Gasteiger partial charge in [0.2, 0.25) is 11.8 Å². The molecule has 0 heterocycles. The minimum Gasteiger partial charge on any atom is -0.354 e. The molecule has 0 saturated carbocycles. The van der Waals surface area contributed by atoms with Crippen molar-refractivity contribution in [2.75, 3.05) is 17.4 Å². The minimum atomic E-state index is -4.22. The topological polar surface area (TPSA) is 86.8 Å². The second-order valence-corrected chi connectivity index (χ2v) is 13.4. The van der Waals surface area contributed by atoms with Gasteiger partial charge in [-0.1, -0.05) is 103 Å². The molecule has 2 amide bonds. The predicted octanol–water partition coefficient (Wildman–Crippen LogP) is 7.05. The Bertz CT molecular complexity index is 1700. The van der Waals surface area contributed by atoms with Gasteiger partial charge in [0.15, 0.2) is 0 Å². The van der Waals surface area contributed by atoms with Crippen LogP contribution in [-0.4, -0.2) is 44.3 Å². The summed E-state index contributed by atoms with van der Waals surface area (Å²) in [7, 11) is -4.22. The van der Waals surface area contributed by atoms with Crippen molar-refractivity contribution in [2.24, 2.45) is 0 Å². The highest BCUT2D eigenvalue weighted by Gasteiger charge is 2.35. The van der Waals surface area contributed by atoms with Crippen molar-refractivity contribution in [1.29, 1.82) is 0 Å². The maximum absolute atomic E-state index is 14.5. The van der Waals surface area contributed by atoms with Crippen LogP contribution in [0.4, 0.5) is 5.69 Å². The summed E-state index contributed by atoms with van der Waals surface area (Å²) in [6, 6.07) is 28.4. The third-order valence-electron chi connectivity index (χ3n) is 7.46. The smallest absolute Gasteiger partial charge is 0.264 e. The van der Waals surface area contributed by atoms with E-state index < -0.39 is 28.5 Å². The first kappa shape index (κ1) is 34.0. The van der Waals surface area contributed by atoms with E-state index in [2.05, 4.69) is 5.32 Å². The Labute approximate surface area is 275 Å². The van der Waals surface area contributed by atoms with Gasteiger partial charge in [0.05, 0.1) is 10.6 Å². The van der Waals surface area contributed by atoms with Crippen LogP contribution >= 0.6 is 23.2 Å². The summed E-state index contributed by atoms with van der Waals surface area (Å²) >= 11 is 12.7. The summed E-state index contributed by atoms with van der Waals surface area (Å²) in [4.78, 5) is 29.8. The second-order valence-electron chi connectivity index (χ2n) is 10.7. The molecule has 45 heavy (non-hydrogen) atoms. The molecule has 7 nitrogen and oxygen atoms in total. The zero-order valence-corrected chi connectivity index (χ0v) is 27.7. The molecule has 1 unspecified atom stereocenters. The van der Waals surface area contributed by atoms with Crippen LogP contribution in [0.2, 0.25) is 10.0 Å². The standard InChI is InChI=1S/C35H37Cl2N3O4S/c1-3-4-21-38-35(42)33(23-27-13-7-5-8-14-27)39(24-28-15-11-16-29(36)22-28)34(41)25-40(32-20-12-19-31(37)26(32)2)45(43,44)30-17-9-6-10-18-30/h5-20,22,33H,3-4,21,23-25H2,1-2H3,(H,38,42). The van der Waals surface area contributed by atoms with Gasteiger partial charge in [0.25, 0.3) is 10.0 Å². The molecule has 10 heteroatoms. The molecule has 0 bridgehead atoms. The summed E-state index contributed by atoms with van der Waals surface area (Å²) in [6.07, 6.45) is 1.90. The monoisotopic (exact) mass is 665 g/mol. The molecule has 4 aromatic carbocycles. The number of carbonyl (C=O) groups is 2. The van der Waals surface area contributed by atoms with Gasteiger partial charge in [-0.05, 0) is 66.4 Å². The normalized spacial score (nSPS) is 11.9. The van der Waals surface area contributed by atoms with Gasteiger partial charge in [-0.2, -0.15) is 0 Å². The van der Waals surface area contributed by atoms with Crippen LogP contribution < -0.4 is 9.62 Å². The van der Waals surface area contributed by atoms with Gasteiger partial charge in [0, 0.05) is 29.6 Å². The minimum absolute atomic E-state index is 0.0247. The van der Waals surface area contributed by atoms with E-state index in [1.807, 2.05) is 43.3 Å². The molecule has 0 aliphatic carbocycles. The van der Waals surface area contributed by atoms with Crippen LogP contribution in [0.25, 0.3) is 0 Å². The molecule has 0 aliphatic rings. The lowest BCUT2D eigenvalue weighted by atomic mass is 10.0. The number of hydrogen-bond donors (Lipinski definition) is 1. The molecule has 4 rings (SSSR count). The molecule has 0 aromatic heterocycles. The van der Waals surface area contributed by atoms with Crippen molar-refractivity contribution in [3.8, 4) is 0 Å².